The van der Waals surface area contributed by atoms with Gasteiger partial charge in [0.15, 0.2) is 12.4 Å². The number of carbonyl (C=O) groups is 2. The van der Waals surface area contributed by atoms with Gasteiger partial charge in [-0.3, -0.25) is 9.78 Å². The molecular formula is C11H12N2O4. The number of carbonyl (C=O) groups excluding carboxylic acids is 1. The lowest BCUT2D eigenvalue weighted by Gasteiger charge is -2.07. The Kier molecular flexibility index (Phi) is 4.68. The number of carboxylic acid groups (broad SMARTS) is 1. The van der Waals surface area contributed by atoms with Crippen molar-refractivity contribution >= 4 is 11.9 Å². The number of pyridine rings is 1. The van der Waals surface area contributed by atoms with Crippen LogP contribution in [0, 0.1) is 0 Å². The van der Waals surface area contributed by atoms with Gasteiger partial charge < -0.3 is 15.2 Å². The van der Waals surface area contributed by atoms with Crippen LogP contribution >= 0.6 is 0 Å². The molecule has 2 N–H and O–H groups in total. The van der Waals surface area contributed by atoms with Crippen molar-refractivity contribution in [2.45, 2.75) is 0 Å². The van der Waals surface area contributed by atoms with Gasteiger partial charge in [-0.05, 0) is 6.07 Å². The Morgan fingerprint density at radius 3 is 3.00 bits per heavy atom. The molecule has 0 aromatic carbocycles. The average Bonchev–Trinajstić information content (AvgIpc) is 2.34. The fourth-order valence-corrected chi connectivity index (χ4v) is 1.05. The van der Waals surface area contributed by atoms with E-state index < -0.39 is 5.97 Å². The molecule has 1 heterocycles. The number of amides is 1. The summed E-state index contributed by atoms with van der Waals surface area (Å²) in [6, 6.07) is 1.30. The highest BCUT2D eigenvalue weighted by Crippen LogP contribution is 2.15. The summed E-state index contributed by atoms with van der Waals surface area (Å²) in [6.45, 7) is 3.52. The first-order chi connectivity index (χ1) is 8.15. The van der Waals surface area contributed by atoms with Crippen LogP contribution in [0.3, 0.4) is 0 Å². The lowest BCUT2D eigenvalue weighted by Crippen LogP contribution is -2.29. The van der Waals surface area contributed by atoms with Crippen LogP contribution in [0.15, 0.2) is 31.1 Å². The van der Waals surface area contributed by atoms with Crippen LogP contribution in [-0.2, 0) is 4.79 Å². The monoisotopic (exact) mass is 236 g/mol. The van der Waals surface area contributed by atoms with Crippen LogP contribution in [0.25, 0.3) is 0 Å². The molecule has 6 nitrogen and oxygen atoms in total. The van der Waals surface area contributed by atoms with Crippen molar-refractivity contribution in [3.63, 3.8) is 0 Å². The summed E-state index contributed by atoms with van der Waals surface area (Å²) in [5.41, 5.74) is -0.0310. The molecule has 0 spiro atoms. The summed E-state index contributed by atoms with van der Waals surface area (Å²) in [6.07, 6.45) is 4.13. The fraction of sp³-hybridized carbons (Fsp3) is 0.182. The smallest absolute Gasteiger partial charge is 0.339 e. The Bertz CT molecular complexity index is 431. The van der Waals surface area contributed by atoms with E-state index in [4.69, 9.17) is 9.84 Å². The van der Waals surface area contributed by atoms with Gasteiger partial charge in [-0.2, -0.15) is 0 Å². The molecule has 1 rings (SSSR count). The lowest BCUT2D eigenvalue weighted by atomic mass is 10.2. The molecule has 0 saturated heterocycles. The van der Waals surface area contributed by atoms with Crippen molar-refractivity contribution in [2.75, 3.05) is 13.2 Å². The SMILES string of the molecule is C=CCNC(=O)COc1cnccc1C(=O)O. The van der Waals surface area contributed by atoms with E-state index in [1.54, 1.807) is 0 Å². The Labute approximate surface area is 97.9 Å². The van der Waals surface area contributed by atoms with Crippen molar-refractivity contribution in [2.24, 2.45) is 0 Å². The predicted octanol–water partition coefficient (Wildman–Crippen LogP) is 0.461. The van der Waals surface area contributed by atoms with E-state index in [1.807, 2.05) is 0 Å². The molecule has 6 heteroatoms. The highest BCUT2D eigenvalue weighted by Gasteiger charge is 2.11. The number of nitrogens with zero attached hydrogens (tertiary/aromatic N) is 1. The quantitative estimate of drug-likeness (QED) is 0.700. The number of ether oxygens (including phenoxy) is 1. The molecule has 1 amide bonds. The summed E-state index contributed by atoms with van der Waals surface area (Å²) < 4.78 is 5.07. The van der Waals surface area contributed by atoms with Gasteiger partial charge in [0.05, 0.1) is 6.20 Å². The second-order valence-corrected chi connectivity index (χ2v) is 3.06. The van der Waals surface area contributed by atoms with Crippen LogP contribution in [-0.4, -0.2) is 35.1 Å². The number of carboxylic acids is 1. The first-order valence-corrected chi connectivity index (χ1v) is 4.83. The lowest BCUT2D eigenvalue weighted by molar-refractivity contribution is -0.122. The first kappa shape index (κ1) is 12.7. The summed E-state index contributed by atoms with van der Waals surface area (Å²) in [4.78, 5) is 25.8. The van der Waals surface area contributed by atoms with Gasteiger partial charge in [0, 0.05) is 12.7 Å². The maximum absolute atomic E-state index is 11.2. The third-order valence-corrected chi connectivity index (χ3v) is 1.82. The molecule has 1 aromatic heterocycles. The van der Waals surface area contributed by atoms with Crippen molar-refractivity contribution in [3.05, 3.63) is 36.7 Å². The topological polar surface area (TPSA) is 88.5 Å². The minimum atomic E-state index is -1.13. The number of nitrogens with one attached hydrogen (secondary N) is 1. The van der Waals surface area contributed by atoms with Gasteiger partial charge in [-0.25, -0.2) is 4.79 Å². The van der Waals surface area contributed by atoms with E-state index in [0.29, 0.717) is 6.54 Å². The zero-order valence-electron chi connectivity index (χ0n) is 9.05. The molecule has 0 bridgehead atoms. The van der Waals surface area contributed by atoms with E-state index in [9.17, 15) is 9.59 Å². The molecule has 0 saturated carbocycles. The molecule has 0 fully saturated rings. The number of rotatable bonds is 6. The van der Waals surface area contributed by atoms with Gasteiger partial charge in [0.2, 0.25) is 0 Å². The van der Waals surface area contributed by atoms with Crippen molar-refractivity contribution in [3.8, 4) is 5.75 Å². The zero-order chi connectivity index (χ0) is 12.7. The molecule has 0 radical (unpaired) electrons. The summed E-state index contributed by atoms with van der Waals surface area (Å²) in [7, 11) is 0. The molecule has 0 aliphatic heterocycles. The van der Waals surface area contributed by atoms with Crippen LogP contribution < -0.4 is 10.1 Å². The van der Waals surface area contributed by atoms with Crippen molar-refractivity contribution in [1.29, 1.82) is 0 Å². The van der Waals surface area contributed by atoms with E-state index in [-0.39, 0.29) is 23.8 Å². The second-order valence-electron chi connectivity index (χ2n) is 3.06. The summed E-state index contributed by atoms with van der Waals surface area (Å²) >= 11 is 0. The number of hydrogen-bond acceptors (Lipinski definition) is 4. The molecule has 17 heavy (non-hydrogen) atoms. The highest BCUT2D eigenvalue weighted by atomic mass is 16.5. The van der Waals surface area contributed by atoms with E-state index in [1.165, 1.54) is 24.5 Å². The van der Waals surface area contributed by atoms with Gasteiger partial charge in [0.1, 0.15) is 5.56 Å². The van der Waals surface area contributed by atoms with Crippen LogP contribution in [0.1, 0.15) is 10.4 Å². The van der Waals surface area contributed by atoms with Gasteiger partial charge in [0.25, 0.3) is 5.91 Å². The van der Waals surface area contributed by atoms with E-state index in [2.05, 4.69) is 16.9 Å². The standard InChI is InChI=1S/C11H12N2O4/c1-2-4-13-10(14)7-17-9-6-12-5-3-8(9)11(15)16/h2-3,5-6H,1,4,7H2,(H,13,14)(H,15,16). The molecular weight excluding hydrogens is 224 g/mol. The zero-order valence-corrected chi connectivity index (χ0v) is 9.05. The number of aromatic carboxylic acids is 1. The van der Waals surface area contributed by atoms with Gasteiger partial charge in [-0.1, -0.05) is 6.08 Å². The second kappa shape index (κ2) is 6.26. The van der Waals surface area contributed by atoms with E-state index in [0.717, 1.165) is 0 Å². The Morgan fingerprint density at radius 2 is 2.35 bits per heavy atom. The number of hydrogen-bond donors (Lipinski definition) is 2. The normalized spacial score (nSPS) is 9.41. The summed E-state index contributed by atoms with van der Waals surface area (Å²) in [5.74, 6) is -1.42. The van der Waals surface area contributed by atoms with Gasteiger partial charge in [-0.15, -0.1) is 6.58 Å². The maximum Gasteiger partial charge on any atom is 0.339 e. The number of aromatic nitrogens is 1. The Balaban J connectivity index is 2.60. The third-order valence-electron chi connectivity index (χ3n) is 1.82. The molecule has 0 unspecified atom stereocenters. The minimum absolute atomic E-state index is 0.0310. The average molecular weight is 236 g/mol. The Hall–Kier alpha value is -2.37. The van der Waals surface area contributed by atoms with Gasteiger partial charge >= 0.3 is 5.97 Å². The van der Waals surface area contributed by atoms with Crippen molar-refractivity contribution < 1.29 is 19.4 Å². The molecule has 0 atom stereocenters. The predicted molar refractivity (Wildman–Crippen MR) is 59.9 cm³/mol. The van der Waals surface area contributed by atoms with Crippen LogP contribution in [0.4, 0.5) is 0 Å². The minimum Gasteiger partial charge on any atom is -0.481 e. The Morgan fingerprint density at radius 1 is 1.59 bits per heavy atom. The fourth-order valence-electron chi connectivity index (χ4n) is 1.05. The van der Waals surface area contributed by atoms with E-state index >= 15 is 0 Å². The third kappa shape index (κ3) is 3.94. The van der Waals surface area contributed by atoms with Crippen molar-refractivity contribution in [1.82, 2.24) is 10.3 Å². The van der Waals surface area contributed by atoms with Crippen LogP contribution in [0.5, 0.6) is 5.75 Å². The van der Waals surface area contributed by atoms with Crippen LogP contribution in [0.2, 0.25) is 0 Å². The molecule has 1 aromatic rings. The first-order valence-electron chi connectivity index (χ1n) is 4.83. The largest absolute Gasteiger partial charge is 0.481 e. The molecule has 0 aliphatic carbocycles. The molecule has 0 aliphatic rings. The maximum atomic E-state index is 11.2. The molecule has 90 valence electrons. The highest BCUT2D eigenvalue weighted by molar-refractivity contribution is 5.90. The summed E-state index contributed by atoms with van der Waals surface area (Å²) in [5, 5.41) is 11.4.